The van der Waals surface area contributed by atoms with Crippen molar-refractivity contribution in [1.82, 2.24) is 24.9 Å². The number of carbonyl (C=O) groups excluding carboxylic acids is 6. The summed E-state index contributed by atoms with van der Waals surface area (Å²) in [5.41, 5.74) is 7.05. The number of anilines is 1. The molecule has 0 radical (unpaired) electrons. The second-order valence-electron chi connectivity index (χ2n) is 10.5. The number of rotatable bonds is 8. The summed E-state index contributed by atoms with van der Waals surface area (Å²) in [5, 5.41) is 9.11. The number of nitrogens with two attached hydrogens (primary N) is 1. The summed E-state index contributed by atoms with van der Waals surface area (Å²) >= 11 is 27.1. The fourth-order valence-corrected chi connectivity index (χ4v) is 3.99. The maximum atomic E-state index is 12.0. The van der Waals surface area contributed by atoms with Crippen LogP contribution in [0.4, 0.5) is 5.82 Å². The lowest BCUT2D eigenvalue weighted by Gasteiger charge is -2.11. The molecule has 5 rings (SSSR count). The Bertz CT molecular complexity index is 1920. The Morgan fingerprint density at radius 2 is 0.862 bits per heavy atom. The van der Waals surface area contributed by atoms with E-state index in [0.717, 1.165) is 14.2 Å². The highest BCUT2D eigenvalue weighted by atomic mass is 35.5. The summed E-state index contributed by atoms with van der Waals surface area (Å²) in [6.07, 6.45) is 6.65. The van der Waals surface area contributed by atoms with Crippen LogP contribution in [0.5, 0.6) is 0 Å². The monoisotopic (exact) mass is 894 g/mol. The number of aromatic nitrogens is 5. The molecule has 3 N–H and O–H groups in total. The quantitative estimate of drug-likeness (QED) is 0.0512. The smallest absolute Gasteiger partial charge is 0.337 e. The zero-order chi connectivity index (χ0) is 43.9. The largest absolute Gasteiger partial charge is 0.478 e. The van der Waals surface area contributed by atoms with Gasteiger partial charge in [-0.3, -0.25) is 28.8 Å². The molecule has 0 atom stereocenters. The van der Waals surface area contributed by atoms with Gasteiger partial charge < -0.3 is 20.3 Å². The number of nitrogens with zero attached hydrogens (tertiary/aromatic N) is 5. The number of nitrogen functional groups attached to an aromatic ring is 1. The molecule has 0 aliphatic carbocycles. The third kappa shape index (κ3) is 18.8. The maximum Gasteiger partial charge on any atom is 0.337 e. The number of esters is 2. The summed E-state index contributed by atoms with van der Waals surface area (Å²) in [7, 11) is 2.15. The molecule has 5 aromatic rings. The average Bonchev–Trinajstić information content (AvgIpc) is 3.19. The third-order valence-corrected chi connectivity index (χ3v) is 7.52. The van der Waals surface area contributed by atoms with Crippen LogP contribution >= 0.6 is 58.0 Å². The lowest BCUT2D eigenvalue weighted by Crippen LogP contribution is -2.33. The van der Waals surface area contributed by atoms with Gasteiger partial charge in [0, 0.05) is 47.7 Å². The van der Waals surface area contributed by atoms with E-state index < -0.39 is 34.9 Å². The van der Waals surface area contributed by atoms with E-state index in [2.05, 4.69) is 34.4 Å². The molecular formula is C37H31Cl5N6O10. The standard InChI is InChI=1S/C11H10ClNO5.C7H6ClNO.C7H8N2O.C6H3Cl2NO.C6H4ClNO2/c1-17-10(15)8(11(16)18-2)9(14)6-3-4-7(12)13-5-6;2*1-5(10)6-2-3-7(8)9-4-6;7-5-2-1-4(3-9-5)6(8)10;7-5-2-1-4(3-8-5)6(9)10/h3-5,8H,1-2H3;2-4H,1H3;2-4H,1H3,(H2,8,9);1-3H;1-3H,(H,9,10). The molecule has 0 aliphatic rings. The summed E-state index contributed by atoms with van der Waals surface area (Å²) < 4.78 is 8.79. The minimum absolute atomic E-state index is 0.00386. The second kappa shape index (κ2) is 26.1. The molecule has 0 spiro atoms. The van der Waals surface area contributed by atoms with Crippen molar-refractivity contribution in [3.8, 4) is 0 Å². The van der Waals surface area contributed by atoms with Gasteiger partial charge in [0.15, 0.2) is 17.3 Å². The van der Waals surface area contributed by atoms with Crippen molar-refractivity contribution in [2.24, 2.45) is 5.92 Å². The van der Waals surface area contributed by atoms with E-state index in [1.807, 2.05) is 0 Å². The van der Waals surface area contributed by atoms with Crippen LogP contribution in [-0.4, -0.2) is 84.7 Å². The number of ether oxygens (including phenoxy) is 2. The lowest BCUT2D eigenvalue weighted by molar-refractivity contribution is -0.155. The molecule has 0 fully saturated rings. The van der Waals surface area contributed by atoms with Crippen LogP contribution in [0.2, 0.25) is 20.6 Å². The van der Waals surface area contributed by atoms with Gasteiger partial charge in [0.05, 0.1) is 25.3 Å². The third-order valence-electron chi connectivity index (χ3n) is 6.40. The number of carboxylic acids is 1. The van der Waals surface area contributed by atoms with Gasteiger partial charge in [0.1, 0.15) is 26.4 Å². The molecule has 16 nitrogen and oxygen atoms in total. The number of hydrogen-bond donors (Lipinski definition) is 2. The van der Waals surface area contributed by atoms with Gasteiger partial charge in [0.2, 0.25) is 5.92 Å². The van der Waals surface area contributed by atoms with E-state index in [1.54, 1.807) is 24.3 Å². The molecular weight excluding hydrogens is 866 g/mol. The van der Waals surface area contributed by atoms with Crippen molar-refractivity contribution in [1.29, 1.82) is 0 Å². The first-order valence-corrected chi connectivity index (χ1v) is 17.5. The average molecular weight is 897 g/mol. The fourth-order valence-electron chi connectivity index (χ4n) is 3.43. The van der Waals surface area contributed by atoms with E-state index in [1.165, 1.54) is 81.2 Å². The van der Waals surface area contributed by atoms with Crippen LogP contribution in [0.15, 0.2) is 91.6 Å². The maximum absolute atomic E-state index is 12.0. The number of pyridine rings is 5. The summed E-state index contributed by atoms with van der Waals surface area (Å²) in [6, 6.07) is 15.1. The molecule has 0 aliphatic heterocycles. The lowest BCUT2D eigenvalue weighted by atomic mass is 9.99. The summed E-state index contributed by atoms with van der Waals surface area (Å²) in [5.74, 6) is -4.92. The first-order valence-electron chi connectivity index (χ1n) is 15.6. The summed E-state index contributed by atoms with van der Waals surface area (Å²) in [4.78, 5) is 95.2. The molecule has 0 amide bonds. The number of Topliss-reactive ketones (excluding diaryl/α,β-unsaturated/α-hetero) is 3. The van der Waals surface area contributed by atoms with Gasteiger partial charge in [-0.25, -0.2) is 29.7 Å². The van der Waals surface area contributed by atoms with Crippen molar-refractivity contribution in [2.75, 3.05) is 20.0 Å². The number of carbonyl (C=O) groups is 7. The van der Waals surface area contributed by atoms with E-state index in [9.17, 15) is 33.6 Å². The Morgan fingerprint density at radius 1 is 0.534 bits per heavy atom. The number of aromatic carboxylic acids is 1. The molecule has 0 aromatic carbocycles. The van der Waals surface area contributed by atoms with E-state index in [-0.39, 0.29) is 27.8 Å². The summed E-state index contributed by atoms with van der Waals surface area (Å²) in [6.45, 7) is 2.98. The van der Waals surface area contributed by atoms with Crippen molar-refractivity contribution in [2.45, 2.75) is 13.8 Å². The molecule has 58 heavy (non-hydrogen) atoms. The Kier molecular flexibility index (Phi) is 22.5. The number of carboxylic acid groups (broad SMARTS) is 1. The molecule has 0 saturated carbocycles. The highest BCUT2D eigenvalue weighted by Gasteiger charge is 2.36. The van der Waals surface area contributed by atoms with Gasteiger partial charge in [-0.05, 0) is 86.1 Å². The second-order valence-corrected chi connectivity index (χ2v) is 12.4. The van der Waals surface area contributed by atoms with Gasteiger partial charge >= 0.3 is 17.9 Å². The number of hydrogen-bond acceptors (Lipinski definition) is 15. The molecule has 0 saturated heterocycles. The van der Waals surface area contributed by atoms with Crippen molar-refractivity contribution < 1.29 is 48.1 Å². The van der Waals surface area contributed by atoms with Gasteiger partial charge in [-0.1, -0.05) is 46.4 Å². The number of halogens is 5. The first kappa shape index (κ1) is 50.1. The SMILES string of the molecule is CC(=O)c1ccc(Cl)nc1.CC(=O)c1ccc(N)nc1.COC(=O)C(C(=O)OC)C(=O)c1ccc(Cl)nc1.O=C(Cl)c1ccc(Cl)nc1.O=C(O)c1ccc(Cl)nc1. The van der Waals surface area contributed by atoms with Gasteiger partial charge in [0.25, 0.3) is 5.24 Å². The normalized spacial score (nSPS) is 9.55. The van der Waals surface area contributed by atoms with Crippen LogP contribution in [-0.2, 0) is 19.1 Å². The van der Waals surface area contributed by atoms with Crippen LogP contribution in [0.3, 0.4) is 0 Å². The zero-order valence-electron chi connectivity index (χ0n) is 30.6. The van der Waals surface area contributed by atoms with Crippen LogP contribution < -0.4 is 5.73 Å². The van der Waals surface area contributed by atoms with Crippen molar-refractivity contribution in [3.63, 3.8) is 0 Å². The molecule has 5 aromatic heterocycles. The van der Waals surface area contributed by atoms with E-state index in [0.29, 0.717) is 38.0 Å². The highest BCUT2D eigenvalue weighted by molar-refractivity contribution is 6.67. The topological polar surface area (TPSA) is 249 Å². The van der Waals surface area contributed by atoms with Crippen LogP contribution in [0.1, 0.15) is 65.6 Å². The predicted molar refractivity (Wildman–Crippen MR) is 215 cm³/mol. The highest BCUT2D eigenvalue weighted by Crippen LogP contribution is 2.14. The first-order chi connectivity index (χ1) is 27.3. The Balaban J connectivity index is 0.000000372. The molecule has 0 unspecified atom stereocenters. The number of methoxy groups -OCH3 is 2. The van der Waals surface area contributed by atoms with Crippen molar-refractivity contribution in [3.05, 3.63) is 140 Å². The van der Waals surface area contributed by atoms with Crippen LogP contribution in [0, 0.1) is 5.92 Å². The van der Waals surface area contributed by atoms with E-state index in [4.69, 9.17) is 68.8 Å². The Labute approximate surface area is 355 Å². The molecule has 304 valence electrons. The fraction of sp³-hybridized carbons (Fsp3) is 0.135. The number of ketones is 3. The molecule has 5 heterocycles. The van der Waals surface area contributed by atoms with Crippen LogP contribution in [0.25, 0.3) is 0 Å². The Hall–Kier alpha value is -5.91. The van der Waals surface area contributed by atoms with Gasteiger partial charge in [-0.15, -0.1) is 0 Å². The zero-order valence-corrected chi connectivity index (χ0v) is 34.3. The van der Waals surface area contributed by atoms with Gasteiger partial charge in [-0.2, -0.15) is 0 Å². The molecule has 21 heteroatoms. The minimum Gasteiger partial charge on any atom is -0.478 e. The predicted octanol–water partition coefficient (Wildman–Crippen LogP) is 7.23. The van der Waals surface area contributed by atoms with Crippen molar-refractivity contribution >= 4 is 104 Å². The Morgan fingerprint density at radius 3 is 1.14 bits per heavy atom. The molecule has 0 bridgehead atoms. The minimum atomic E-state index is -1.65. The van der Waals surface area contributed by atoms with E-state index >= 15 is 0 Å².